The molecule has 2 N–H and O–H groups in total. The molecule has 0 atom stereocenters. The quantitative estimate of drug-likeness (QED) is 0.846. The summed E-state index contributed by atoms with van der Waals surface area (Å²) in [4.78, 5) is 12.4. The van der Waals surface area contributed by atoms with Crippen LogP contribution >= 0.6 is 0 Å². The van der Waals surface area contributed by atoms with Crippen LogP contribution < -0.4 is 10.6 Å². The van der Waals surface area contributed by atoms with E-state index >= 15 is 0 Å². The Kier molecular flexibility index (Phi) is 5.62. The zero-order valence-electron chi connectivity index (χ0n) is 13.1. The Morgan fingerprint density at radius 1 is 1.29 bits per heavy atom. The maximum Gasteiger partial charge on any atom is 0.253 e. The van der Waals surface area contributed by atoms with Gasteiger partial charge in [-0.3, -0.25) is 4.79 Å². The van der Waals surface area contributed by atoms with E-state index in [0.717, 1.165) is 50.3 Å². The van der Waals surface area contributed by atoms with Gasteiger partial charge >= 0.3 is 0 Å². The summed E-state index contributed by atoms with van der Waals surface area (Å²) in [6, 6.07) is 7.69. The van der Waals surface area contributed by atoms with Crippen molar-refractivity contribution < 1.29 is 9.53 Å². The highest BCUT2D eigenvalue weighted by molar-refractivity contribution is 5.99. The van der Waals surface area contributed by atoms with Gasteiger partial charge in [-0.25, -0.2) is 0 Å². The fourth-order valence-corrected chi connectivity index (χ4v) is 2.52. The van der Waals surface area contributed by atoms with Gasteiger partial charge in [0, 0.05) is 32.0 Å². The zero-order chi connectivity index (χ0) is 15.1. The molecule has 0 spiro atoms. The maximum atomic E-state index is 12.4. The maximum absolute atomic E-state index is 12.4. The molecule has 0 aromatic heterocycles. The van der Waals surface area contributed by atoms with Crippen LogP contribution in [0.25, 0.3) is 0 Å². The molecule has 1 aromatic carbocycles. The molecule has 0 radical (unpaired) electrons. The molecule has 21 heavy (non-hydrogen) atoms. The number of anilines is 1. The average molecular weight is 290 g/mol. The molecule has 1 amide bonds. The topological polar surface area (TPSA) is 50.4 Å². The third kappa shape index (κ3) is 4.46. The fourth-order valence-electron chi connectivity index (χ4n) is 2.52. The van der Waals surface area contributed by atoms with Crippen molar-refractivity contribution in [2.24, 2.45) is 5.41 Å². The number of rotatable bonds is 6. The second kappa shape index (κ2) is 7.46. The Morgan fingerprint density at radius 2 is 2.00 bits per heavy atom. The minimum atomic E-state index is 0.00178. The monoisotopic (exact) mass is 290 g/mol. The van der Waals surface area contributed by atoms with E-state index in [4.69, 9.17) is 4.74 Å². The van der Waals surface area contributed by atoms with Gasteiger partial charge in [0.2, 0.25) is 0 Å². The van der Waals surface area contributed by atoms with Gasteiger partial charge in [-0.05, 0) is 36.8 Å². The second-order valence-electron chi connectivity index (χ2n) is 6.08. The zero-order valence-corrected chi connectivity index (χ0v) is 13.1. The van der Waals surface area contributed by atoms with Crippen LogP contribution in [0.4, 0.5) is 5.69 Å². The van der Waals surface area contributed by atoms with E-state index in [-0.39, 0.29) is 11.3 Å². The molecule has 4 nitrogen and oxygen atoms in total. The van der Waals surface area contributed by atoms with Crippen LogP contribution in [0.15, 0.2) is 24.3 Å². The van der Waals surface area contributed by atoms with Gasteiger partial charge in [0.1, 0.15) is 0 Å². The van der Waals surface area contributed by atoms with E-state index in [1.807, 2.05) is 24.3 Å². The molecular weight excluding hydrogens is 264 g/mol. The predicted octanol–water partition coefficient (Wildman–Crippen LogP) is 3.06. The van der Waals surface area contributed by atoms with Crippen LogP contribution in [0.5, 0.6) is 0 Å². The number of carbonyl (C=O) groups is 1. The van der Waals surface area contributed by atoms with Gasteiger partial charge in [0.25, 0.3) is 5.91 Å². The van der Waals surface area contributed by atoms with E-state index in [2.05, 4.69) is 24.5 Å². The number of benzene rings is 1. The van der Waals surface area contributed by atoms with Gasteiger partial charge in [-0.1, -0.05) is 26.0 Å². The Bertz CT molecular complexity index is 468. The summed E-state index contributed by atoms with van der Waals surface area (Å²) in [5.74, 6) is 0.00178. The summed E-state index contributed by atoms with van der Waals surface area (Å²) in [6.45, 7) is 7.50. The molecule has 1 aliphatic rings. The highest BCUT2D eigenvalue weighted by Crippen LogP contribution is 2.28. The fraction of sp³-hybridized carbons (Fsp3) is 0.588. The SMILES string of the molecule is CCCNc1ccccc1C(=O)NCC1(C)CCOCC1. The molecule has 1 aliphatic heterocycles. The molecule has 4 heteroatoms. The van der Waals surface area contributed by atoms with E-state index in [1.54, 1.807) is 0 Å². The number of hydrogen-bond donors (Lipinski definition) is 2. The Hall–Kier alpha value is -1.55. The molecule has 116 valence electrons. The molecule has 0 aliphatic carbocycles. The lowest BCUT2D eigenvalue weighted by atomic mass is 9.82. The first-order valence-corrected chi connectivity index (χ1v) is 7.83. The van der Waals surface area contributed by atoms with Gasteiger partial charge in [0.05, 0.1) is 5.56 Å². The standard InChI is InChI=1S/C17H26N2O2/c1-3-10-18-15-7-5-4-6-14(15)16(20)19-13-17(2)8-11-21-12-9-17/h4-7,18H,3,8-13H2,1-2H3,(H,19,20). The van der Waals surface area contributed by atoms with Crippen LogP contribution in [-0.4, -0.2) is 32.2 Å². The van der Waals surface area contributed by atoms with E-state index in [0.29, 0.717) is 6.54 Å². The largest absolute Gasteiger partial charge is 0.384 e. The lowest BCUT2D eigenvalue weighted by molar-refractivity contribution is 0.0238. The molecule has 0 bridgehead atoms. The lowest BCUT2D eigenvalue weighted by Crippen LogP contribution is -2.39. The molecule has 1 heterocycles. The van der Waals surface area contributed by atoms with E-state index in [9.17, 15) is 4.79 Å². The Morgan fingerprint density at radius 3 is 2.71 bits per heavy atom. The first-order valence-electron chi connectivity index (χ1n) is 7.83. The first-order chi connectivity index (χ1) is 10.1. The summed E-state index contributed by atoms with van der Waals surface area (Å²) in [5, 5.41) is 6.40. The molecule has 1 fully saturated rings. The summed E-state index contributed by atoms with van der Waals surface area (Å²) < 4.78 is 5.40. The van der Waals surface area contributed by atoms with Crippen molar-refractivity contribution in [1.82, 2.24) is 5.32 Å². The number of carbonyl (C=O) groups excluding carboxylic acids is 1. The summed E-state index contributed by atoms with van der Waals surface area (Å²) in [6.07, 6.45) is 3.04. The van der Waals surface area contributed by atoms with Crippen molar-refractivity contribution in [3.63, 3.8) is 0 Å². The number of para-hydroxylation sites is 1. The van der Waals surface area contributed by atoms with Crippen molar-refractivity contribution in [3.05, 3.63) is 29.8 Å². The van der Waals surface area contributed by atoms with Gasteiger partial charge in [-0.2, -0.15) is 0 Å². The predicted molar refractivity (Wildman–Crippen MR) is 85.7 cm³/mol. The molecule has 1 saturated heterocycles. The highest BCUT2D eigenvalue weighted by Gasteiger charge is 2.28. The van der Waals surface area contributed by atoms with Crippen molar-refractivity contribution in [1.29, 1.82) is 0 Å². The van der Waals surface area contributed by atoms with E-state index < -0.39 is 0 Å². The van der Waals surface area contributed by atoms with Crippen molar-refractivity contribution in [2.75, 3.05) is 31.6 Å². The minimum Gasteiger partial charge on any atom is -0.384 e. The normalized spacial score (nSPS) is 17.2. The van der Waals surface area contributed by atoms with Gasteiger partial charge in [-0.15, -0.1) is 0 Å². The molecule has 0 saturated carbocycles. The first kappa shape index (κ1) is 15.8. The third-order valence-electron chi connectivity index (χ3n) is 4.11. The second-order valence-corrected chi connectivity index (χ2v) is 6.08. The number of ether oxygens (including phenoxy) is 1. The molecule has 0 unspecified atom stereocenters. The lowest BCUT2D eigenvalue weighted by Gasteiger charge is -2.33. The van der Waals surface area contributed by atoms with Crippen LogP contribution in [0.2, 0.25) is 0 Å². The number of hydrogen-bond acceptors (Lipinski definition) is 3. The number of amides is 1. The van der Waals surface area contributed by atoms with Crippen molar-refractivity contribution in [3.8, 4) is 0 Å². The molecule has 1 aromatic rings. The third-order valence-corrected chi connectivity index (χ3v) is 4.11. The van der Waals surface area contributed by atoms with E-state index in [1.165, 1.54) is 0 Å². The molecular formula is C17H26N2O2. The highest BCUT2D eigenvalue weighted by atomic mass is 16.5. The van der Waals surface area contributed by atoms with Crippen LogP contribution in [0.3, 0.4) is 0 Å². The van der Waals surface area contributed by atoms with Crippen LogP contribution in [0.1, 0.15) is 43.5 Å². The number of nitrogens with one attached hydrogen (secondary N) is 2. The Labute approximate surface area is 127 Å². The summed E-state index contributed by atoms with van der Waals surface area (Å²) >= 11 is 0. The van der Waals surface area contributed by atoms with Gasteiger partial charge < -0.3 is 15.4 Å². The smallest absolute Gasteiger partial charge is 0.253 e. The minimum absolute atomic E-state index is 0.00178. The van der Waals surface area contributed by atoms with Gasteiger partial charge in [0.15, 0.2) is 0 Å². The summed E-state index contributed by atoms with van der Waals surface area (Å²) in [7, 11) is 0. The summed E-state index contributed by atoms with van der Waals surface area (Å²) in [5.41, 5.74) is 1.79. The Balaban J connectivity index is 1.96. The average Bonchev–Trinajstić information content (AvgIpc) is 2.52. The van der Waals surface area contributed by atoms with Crippen molar-refractivity contribution in [2.45, 2.75) is 33.1 Å². The van der Waals surface area contributed by atoms with Crippen LogP contribution in [0, 0.1) is 5.41 Å². The van der Waals surface area contributed by atoms with Crippen molar-refractivity contribution >= 4 is 11.6 Å². The molecule has 2 rings (SSSR count). The van der Waals surface area contributed by atoms with Crippen LogP contribution in [-0.2, 0) is 4.74 Å².